The summed E-state index contributed by atoms with van der Waals surface area (Å²) < 4.78 is 0. The van der Waals surface area contributed by atoms with Crippen molar-refractivity contribution in [3.63, 3.8) is 0 Å². The van der Waals surface area contributed by atoms with E-state index in [4.69, 9.17) is 12.2 Å². The molecule has 0 atom stereocenters. The maximum absolute atomic E-state index is 11.9. The Hall–Kier alpha value is -2.40. The van der Waals surface area contributed by atoms with Crippen molar-refractivity contribution in [3.05, 3.63) is 71.3 Å². The van der Waals surface area contributed by atoms with Gasteiger partial charge in [-0.2, -0.15) is 0 Å². The molecule has 3 N–H and O–H groups in total. The summed E-state index contributed by atoms with van der Waals surface area (Å²) in [6, 6.07) is 17.2. The van der Waals surface area contributed by atoms with Crippen molar-refractivity contribution in [1.82, 2.24) is 16.2 Å². The van der Waals surface area contributed by atoms with E-state index in [-0.39, 0.29) is 5.91 Å². The van der Waals surface area contributed by atoms with Crippen molar-refractivity contribution in [1.29, 1.82) is 0 Å². The van der Waals surface area contributed by atoms with E-state index in [1.54, 1.807) is 6.07 Å². The van der Waals surface area contributed by atoms with Crippen molar-refractivity contribution in [2.45, 2.75) is 13.5 Å². The number of carbonyl (C=O) groups is 1. The lowest BCUT2D eigenvalue weighted by atomic mass is 10.1. The summed E-state index contributed by atoms with van der Waals surface area (Å²) in [4.78, 5) is 11.9. The van der Waals surface area contributed by atoms with Gasteiger partial charge in [-0.25, -0.2) is 0 Å². The SMILES string of the molecule is Cc1cccc(C(=O)NNC(=S)NCc2ccccc2)c1. The minimum absolute atomic E-state index is 0.220. The fraction of sp³-hybridized carbons (Fsp3) is 0.125. The van der Waals surface area contributed by atoms with Crippen LogP contribution in [-0.2, 0) is 6.54 Å². The van der Waals surface area contributed by atoms with Crippen LogP contribution in [0.3, 0.4) is 0 Å². The van der Waals surface area contributed by atoms with E-state index in [9.17, 15) is 4.79 Å². The van der Waals surface area contributed by atoms with Crippen LogP contribution in [0, 0.1) is 6.92 Å². The average Bonchev–Trinajstić information content (AvgIpc) is 2.51. The molecule has 0 aliphatic heterocycles. The predicted molar refractivity (Wildman–Crippen MR) is 87.7 cm³/mol. The standard InChI is InChI=1S/C16H17N3OS/c1-12-6-5-9-14(10-12)15(20)18-19-16(21)17-11-13-7-3-2-4-8-13/h2-10H,11H2,1H3,(H,18,20)(H2,17,19,21). The number of carbonyl (C=O) groups excluding carboxylic acids is 1. The largest absolute Gasteiger partial charge is 0.357 e. The van der Waals surface area contributed by atoms with Gasteiger partial charge in [0.1, 0.15) is 0 Å². The molecule has 4 nitrogen and oxygen atoms in total. The first-order valence-electron chi connectivity index (χ1n) is 6.60. The molecule has 0 fully saturated rings. The first-order chi connectivity index (χ1) is 10.1. The zero-order valence-electron chi connectivity index (χ0n) is 11.7. The number of hydrogen-bond donors (Lipinski definition) is 3. The highest BCUT2D eigenvalue weighted by Crippen LogP contribution is 2.03. The average molecular weight is 299 g/mol. The zero-order valence-corrected chi connectivity index (χ0v) is 12.5. The van der Waals surface area contributed by atoms with Gasteiger partial charge in [0.25, 0.3) is 5.91 Å². The quantitative estimate of drug-likeness (QED) is 0.601. The molecule has 0 unspecified atom stereocenters. The summed E-state index contributed by atoms with van der Waals surface area (Å²) in [5, 5.41) is 3.40. The fourth-order valence-corrected chi connectivity index (χ4v) is 1.92. The Morgan fingerprint density at radius 3 is 2.52 bits per heavy atom. The molecule has 5 heteroatoms. The number of nitrogens with one attached hydrogen (secondary N) is 3. The zero-order chi connectivity index (χ0) is 15.1. The normalized spacial score (nSPS) is 9.76. The molecule has 2 aromatic rings. The van der Waals surface area contributed by atoms with Gasteiger partial charge in [0.15, 0.2) is 5.11 Å². The number of benzene rings is 2. The number of rotatable bonds is 3. The minimum atomic E-state index is -0.220. The molecule has 108 valence electrons. The molecule has 0 heterocycles. The van der Waals surface area contributed by atoms with Gasteiger partial charge in [0.05, 0.1) is 0 Å². The lowest BCUT2D eigenvalue weighted by Gasteiger charge is -2.11. The second-order valence-corrected chi connectivity index (χ2v) is 5.03. The number of hydrazine groups is 1. The Kier molecular flexibility index (Phi) is 5.29. The third-order valence-corrected chi connectivity index (χ3v) is 3.11. The fourth-order valence-electron chi connectivity index (χ4n) is 1.79. The molecular formula is C16H17N3OS. The third-order valence-electron chi connectivity index (χ3n) is 2.87. The van der Waals surface area contributed by atoms with E-state index in [1.165, 1.54) is 0 Å². The van der Waals surface area contributed by atoms with Crippen LogP contribution in [0.25, 0.3) is 0 Å². The van der Waals surface area contributed by atoms with Gasteiger partial charge in [0.2, 0.25) is 0 Å². The Morgan fingerprint density at radius 1 is 1.05 bits per heavy atom. The molecule has 0 saturated heterocycles. The van der Waals surface area contributed by atoms with E-state index in [1.807, 2.05) is 55.5 Å². The molecule has 2 rings (SSSR count). The molecule has 0 spiro atoms. The van der Waals surface area contributed by atoms with Crippen molar-refractivity contribution in [3.8, 4) is 0 Å². The molecule has 1 amide bonds. The summed E-state index contributed by atoms with van der Waals surface area (Å²) >= 11 is 5.11. The minimum Gasteiger partial charge on any atom is -0.357 e. The van der Waals surface area contributed by atoms with Gasteiger partial charge in [-0.05, 0) is 36.8 Å². The van der Waals surface area contributed by atoms with Gasteiger partial charge in [-0.15, -0.1) is 0 Å². The molecule has 2 aromatic carbocycles. The topological polar surface area (TPSA) is 53.2 Å². The van der Waals surface area contributed by atoms with Gasteiger partial charge < -0.3 is 5.32 Å². The smallest absolute Gasteiger partial charge is 0.269 e. The number of thiocarbonyl (C=S) groups is 1. The molecule has 21 heavy (non-hydrogen) atoms. The van der Waals surface area contributed by atoms with Crippen molar-refractivity contribution < 1.29 is 4.79 Å². The summed E-state index contributed by atoms with van der Waals surface area (Å²) in [6.45, 7) is 2.54. The molecular weight excluding hydrogens is 282 g/mol. The Morgan fingerprint density at radius 2 is 1.81 bits per heavy atom. The van der Waals surface area contributed by atoms with Crippen molar-refractivity contribution >= 4 is 23.2 Å². The summed E-state index contributed by atoms with van der Waals surface area (Å²) in [5.74, 6) is -0.220. The van der Waals surface area contributed by atoms with Gasteiger partial charge in [-0.1, -0.05) is 48.0 Å². The van der Waals surface area contributed by atoms with Gasteiger partial charge in [-0.3, -0.25) is 15.6 Å². The van der Waals surface area contributed by atoms with Crippen LogP contribution in [0.4, 0.5) is 0 Å². The van der Waals surface area contributed by atoms with E-state index < -0.39 is 0 Å². The number of amides is 1. The monoisotopic (exact) mass is 299 g/mol. The van der Waals surface area contributed by atoms with Crippen molar-refractivity contribution in [2.75, 3.05) is 0 Å². The predicted octanol–water partition coefficient (Wildman–Crippen LogP) is 2.30. The van der Waals surface area contributed by atoms with Gasteiger partial charge >= 0.3 is 0 Å². The highest BCUT2D eigenvalue weighted by Gasteiger charge is 2.05. The molecule has 0 aromatic heterocycles. The summed E-state index contributed by atoms with van der Waals surface area (Å²) in [6.07, 6.45) is 0. The van der Waals surface area contributed by atoms with E-state index >= 15 is 0 Å². The van der Waals surface area contributed by atoms with Gasteiger partial charge in [0, 0.05) is 12.1 Å². The molecule has 0 aliphatic rings. The van der Waals surface area contributed by atoms with Crippen LogP contribution < -0.4 is 16.2 Å². The lowest BCUT2D eigenvalue weighted by molar-refractivity contribution is 0.0943. The van der Waals surface area contributed by atoms with Crippen LogP contribution in [0.2, 0.25) is 0 Å². The highest BCUT2D eigenvalue weighted by atomic mass is 32.1. The van der Waals surface area contributed by atoms with Crippen LogP contribution >= 0.6 is 12.2 Å². The first kappa shape index (κ1) is 15.0. The molecule has 0 saturated carbocycles. The van der Waals surface area contributed by atoms with E-state index in [0.717, 1.165) is 11.1 Å². The summed E-state index contributed by atoms with van der Waals surface area (Å²) in [7, 11) is 0. The van der Waals surface area contributed by atoms with E-state index in [0.29, 0.717) is 17.2 Å². The molecule has 0 aliphatic carbocycles. The number of aryl methyl sites for hydroxylation is 1. The number of hydrogen-bond acceptors (Lipinski definition) is 2. The van der Waals surface area contributed by atoms with Crippen LogP contribution in [0.5, 0.6) is 0 Å². The molecule has 0 radical (unpaired) electrons. The van der Waals surface area contributed by atoms with Crippen molar-refractivity contribution in [2.24, 2.45) is 0 Å². The second-order valence-electron chi connectivity index (χ2n) is 4.62. The third kappa shape index (κ3) is 4.89. The Balaban J connectivity index is 1.77. The summed E-state index contributed by atoms with van der Waals surface area (Å²) in [5.41, 5.74) is 8.00. The second kappa shape index (κ2) is 7.40. The van der Waals surface area contributed by atoms with E-state index in [2.05, 4.69) is 16.2 Å². The maximum atomic E-state index is 11.9. The highest BCUT2D eigenvalue weighted by molar-refractivity contribution is 7.80. The van der Waals surface area contributed by atoms with Crippen LogP contribution in [0.15, 0.2) is 54.6 Å². The van der Waals surface area contributed by atoms with Crippen LogP contribution in [-0.4, -0.2) is 11.0 Å². The Bertz CT molecular complexity index is 628. The van der Waals surface area contributed by atoms with Crippen LogP contribution in [0.1, 0.15) is 21.5 Å². The maximum Gasteiger partial charge on any atom is 0.269 e. The Labute approximate surface area is 129 Å². The lowest BCUT2D eigenvalue weighted by Crippen LogP contribution is -2.46. The molecule has 0 bridgehead atoms. The first-order valence-corrected chi connectivity index (χ1v) is 7.01.